The molecule has 0 aromatic heterocycles. The molecule has 0 aromatic carbocycles. The molecule has 0 radical (unpaired) electrons. The number of aliphatic imine (C=N–C) groups is 1. The van der Waals surface area contributed by atoms with Crippen LogP contribution in [-0.4, -0.2) is 30.9 Å². The van der Waals surface area contributed by atoms with Gasteiger partial charge in [-0.25, -0.2) is 4.99 Å². The van der Waals surface area contributed by atoms with Gasteiger partial charge in [-0.1, -0.05) is 27.2 Å². The fourth-order valence-electron chi connectivity index (χ4n) is 2.30. The van der Waals surface area contributed by atoms with Crippen molar-refractivity contribution in [2.24, 2.45) is 16.3 Å². The average Bonchev–Trinajstić information content (AvgIpc) is 2.39. The molecule has 1 N–H and O–H groups in total. The zero-order chi connectivity index (χ0) is 16.6. The SMILES string of the molecule is CCCC(C)C1(CC)C(=O)N=C([O-])NC1=O.COC(C)=O.[Na+]. The molecule has 22 heavy (non-hydrogen) atoms. The van der Waals surface area contributed by atoms with E-state index in [2.05, 4.69) is 15.0 Å². The van der Waals surface area contributed by atoms with E-state index in [1.807, 2.05) is 13.8 Å². The Kier molecular flexibility index (Phi) is 11.4. The number of amidine groups is 1. The van der Waals surface area contributed by atoms with Crippen LogP contribution in [0.25, 0.3) is 0 Å². The van der Waals surface area contributed by atoms with E-state index in [9.17, 15) is 19.5 Å². The van der Waals surface area contributed by atoms with Crippen molar-refractivity contribution < 1.29 is 53.8 Å². The maximum atomic E-state index is 11.9. The summed E-state index contributed by atoms with van der Waals surface area (Å²) >= 11 is 0. The molecule has 2 atom stereocenters. The smallest absolute Gasteiger partial charge is 0.846 e. The van der Waals surface area contributed by atoms with Crippen LogP contribution in [0.5, 0.6) is 0 Å². The molecule has 0 bridgehead atoms. The third-order valence-corrected chi connectivity index (χ3v) is 3.62. The molecule has 0 aromatic rings. The Balaban J connectivity index is 0. The van der Waals surface area contributed by atoms with Crippen LogP contribution in [0.15, 0.2) is 4.99 Å². The number of hydrogen-bond donors (Lipinski definition) is 1. The van der Waals surface area contributed by atoms with E-state index in [1.165, 1.54) is 14.0 Å². The summed E-state index contributed by atoms with van der Waals surface area (Å²) in [5.41, 5.74) is -1.15. The summed E-state index contributed by atoms with van der Waals surface area (Å²) in [4.78, 5) is 36.6. The van der Waals surface area contributed by atoms with Gasteiger partial charge in [0, 0.05) is 6.92 Å². The van der Waals surface area contributed by atoms with Crippen molar-refractivity contribution in [3.05, 3.63) is 0 Å². The van der Waals surface area contributed by atoms with Gasteiger partial charge in [-0.2, -0.15) is 0 Å². The number of hydrogen-bond acceptors (Lipinski definition) is 5. The Bertz CT molecular complexity index is 439. The molecule has 0 fully saturated rings. The number of ether oxygens (including phenoxy) is 1. The largest absolute Gasteiger partial charge is 1.00 e. The van der Waals surface area contributed by atoms with Crippen LogP contribution >= 0.6 is 0 Å². The van der Waals surface area contributed by atoms with E-state index < -0.39 is 23.3 Å². The monoisotopic (exact) mass is 322 g/mol. The molecule has 2 amide bonds. The summed E-state index contributed by atoms with van der Waals surface area (Å²) in [6, 6.07) is -0.845. The molecule has 1 rings (SSSR count). The van der Waals surface area contributed by atoms with Gasteiger partial charge in [-0.05, 0) is 18.8 Å². The zero-order valence-corrected chi connectivity index (χ0v) is 16.2. The van der Waals surface area contributed by atoms with Crippen molar-refractivity contribution in [3.8, 4) is 0 Å². The maximum absolute atomic E-state index is 11.9. The molecule has 8 heteroatoms. The molecule has 1 heterocycles. The van der Waals surface area contributed by atoms with Crippen LogP contribution in [0.2, 0.25) is 0 Å². The molecule has 120 valence electrons. The van der Waals surface area contributed by atoms with Crippen LogP contribution in [0.1, 0.15) is 47.0 Å². The minimum Gasteiger partial charge on any atom is -0.846 e. The van der Waals surface area contributed by atoms with Gasteiger partial charge < -0.3 is 15.2 Å². The van der Waals surface area contributed by atoms with Crippen LogP contribution in [0, 0.1) is 11.3 Å². The first-order valence-corrected chi connectivity index (χ1v) is 6.92. The van der Waals surface area contributed by atoms with E-state index in [-0.39, 0.29) is 41.4 Å². The second-order valence-electron chi connectivity index (χ2n) is 4.89. The van der Waals surface area contributed by atoms with Crippen molar-refractivity contribution >= 4 is 23.8 Å². The van der Waals surface area contributed by atoms with E-state index in [0.717, 1.165) is 12.8 Å². The molecular weight excluding hydrogens is 299 g/mol. The zero-order valence-electron chi connectivity index (χ0n) is 14.2. The van der Waals surface area contributed by atoms with Crippen molar-refractivity contribution in [1.82, 2.24) is 5.32 Å². The molecule has 1 aliphatic rings. The van der Waals surface area contributed by atoms with Crippen molar-refractivity contribution in [2.45, 2.75) is 47.0 Å². The van der Waals surface area contributed by atoms with Crippen LogP contribution in [0.3, 0.4) is 0 Å². The number of amides is 2. The van der Waals surface area contributed by atoms with Crippen LogP contribution in [-0.2, 0) is 19.1 Å². The Hall–Kier alpha value is -0.920. The predicted octanol–water partition coefficient (Wildman–Crippen LogP) is -2.62. The summed E-state index contributed by atoms with van der Waals surface area (Å²) in [5.74, 6) is -1.44. The van der Waals surface area contributed by atoms with Gasteiger partial charge in [-0.3, -0.25) is 14.4 Å². The molecule has 0 aliphatic carbocycles. The number of nitrogens with zero attached hydrogens (tertiary/aromatic N) is 1. The second kappa shape index (κ2) is 10.7. The number of nitrogens with one attached hydrogen (secondary N) is 1. The minimum atomic E-state index is -1.15. The van der Waals surface area contributed by atoms with E-state index in [0.29, 0.717) is 6.42 Å². The first-order valence-electron chi connectivity index (χ1n) is 6.92. The van der Waals surface area contributed by atoms with Crippen molar-refractivity contribution in [3.63, 3.8) is 0 Å². The van der Waals surface area contributed by atoms with Crippen molar-refractivity contribution in [2.75, 3.05) is 7.11 Å². The molecule has 0 saturated heterocycles. The number of esters is 1. The summed E-state index contributed by atoms with van der Waals surface area (Å²) in [7, 11) is 1.35. The number of methoxy groups -OCH3 is 1. The van der Waals surface area contributed by atoms with Gasteiger partial charge in [0.15, 0.2) is 0 Å². The van der Waals surface area contributed by atoms with Gasteiger partial charge in [0.25, 0.3) is 5.91 Å². The van der Waals surface area contributed by atoms with E-state index in [4.69, 9.17) is 0 Å². The topological polar surface area (TPSA) is 108 Å². The third-order valence-electron chi connectivity index (χ3n) is 3.62. The number of rotatable bonds is 4. The quantitative estimate of drug-likeness (QED) is 0.346. The Labute approximate surface area is 153 Å². The second-order valence-corrected chi connectivity index (χ2v) is 4.89. The summed E-state index contributed by atoms with van der Waals surface area (Å²) in [5, 5.41) is 13.1. The normalized spacial score (nSPS) is 21.4. The first-order chi connectivity index (χ1) is 9.75. The fraction of sp³-hybridized carbons (Fsp3) is 0.714. The Morgan fingerprint density at radius 2 is 1.91 bits per heavy atom. The van der Waals surface area contributed by atoms with E-state index >= 15 is 0 Å². The van der Waals surface area contributed by atoms with Gasteiger partial charge >= 0.3 is 35.5 Å². The van der Waals surface area contributed by atoms with Crippen molar-refractivity contribution in [1.29, 1.82) is 0 Å². The number of carbonyl (C=O) groups excluding carboxylic acids is 3. The molecular formula is C14H23N2NaO5. The molecule has 0 saturated carbocycles. The number of carbonyl (C=O) groups is 3. The fourth-order valence-corrected chi connectivity index (χ4v) is 2.30. The maximum Gasteiger partial charge on any atom is 1.00 e. The van der Waals surface area contributed by atoms with Gasteiger partial charge in [-0.15, -0.1) is 0 Å². The molecule has 1 aliphatic heterocycles. The summed E-state index contributed by atoms with van der Waals surface area (Å²) in [6.45, 7) is 6.98. The summed E-state index contributed by atoms with van der Waals surface area (Å²) < 4.78 is 4.11. The van der Waals surface area contributed by atoms with Gasteiger partial charge in [0.05, 0.1) is 13.1 Å². The Morgan fingerprint density at radius 3 is 2.23 bits per heavy atom. The third kappa shape index (κ3) is 5.70. The minimum absolute atomic E-state index is 0. The molecule has 7 nitrogen and oxygen atoms in total. The van der Waals surface area contributed by atoms with Gasteiger partial charge in [0.1, 0.15) is 5.41 Å². The van der Waals surface area contributed by atoms with Gasteiger partial charge in [0.2, 0.25) is 5.91 Å². The summed E-state index contributed by atoms with van der Waals surface area (Å²) in [6.07, 6.45) is 2.02. The molecule has 0 spiro atoms. The average molecular weight is 322 g/mol. The Morgan fingerprint density at radius 1 is 1.41 bits per heavy atom. The van der Waals surface area contributed by atoms with Crippen LogP contribution in [0.4, 0.5) is 0 Å². The van der Waals surface area contributed by atoms with E-state index in [1.54, 1.807) is 6.92 Å². The first kappa shape index (κ1) is 23.3. The standard InChI is InChI=1S/C11H18N2O3.C3H6O2.Na/c1-4-6-7(3)11(5-2)8(14)12-10(16)13-9(11)15;1-3(4)5-2;/h7H,4-6H2,1-3H3,(H2,12,13,14,15,16);1-2H3;/q;;+1/p-1. The predicted molar refractivity (Wildman–Crippen MR) is 75.1 cm³/mol. The molecule has 2 unspecified atom stereocenters. The van der Waals surface area contributed by atoms with Crippen LogP contribution < -0.4 is 40.0 Å².